The van der Waals surface area contributed by atoms with E-state index in [1.54, 1.807) is 18.7 Å². The molecule has 0 unspecified atom stereocenters. The van der Waals surface area contributed by atoms with Crippen molar-refractivity contribution in [2.45, 2.75) is 25.7 Å². The number of nitrogens with one attached hydrogen (secondary N) is 2. The predicted molar refractivity (Wildman–Crippen MR) is 86.8 cm³/mol. The van der Waals surface area contributed by atoms with Crippen molar-refractivity contribution in [3.63, 3.8) is 0 Å². The second-order valence-corrected chi connectivity index (χ2v) is 6.07. The molecule has 2 N–H and O–H groups in total. The van der Waals surface area contributed by atoms with Gasteiger partial charge < -0.3 is 15.4 Å². The Morgan fingerprint density at radius 2 is 2.09 bits per heavy atom. The molecule has 1 aliphatic rings. The lowest BCUT2D eigenvalue weighted by Gasteiger charge is -2.21. The Bertz CT molecular complexity index is 626. The van der Waals surface area contributed by atoms with Crippen molar-refractivity contribution in [1.29, 1.82) is 0 Å². The van der Waals surface area contributed by atoms with E-state index in [-0.39, 0.29) is 18.5 Å². The van der Waals surface area contributed by atoms with Crippen molar-refractivity contribution in [3.8, 4) is 0 Å². The minimum atomic E-state index is -0.384. The van der Waals surface area contributed by atoms with Crippen LogP contribution >= 0.6 is 11.8 Å². The number of hydrogen-bond donors (Lipinski definition) is 2. The number of esters is 1. The maximum atomic E-state index is 11.9. The maximum Gasteiger partial charge on any atom is 0.337 e. The third kappa shape index (κ3) is 4.04. The highest BCUT2D eigenvalue weighted by atomic mass is 32.2. The van der Waals surface area contributed by atoms with Gasteiger partial charge in [-0.3, -0.25) is 0 Å². The molecule has 1 heterocycles. The van der Waals surface area contributed by atoms with Crippen LogP contribution in [0, 0.1) is 13.8 Å². The van der Waals surface area contributed by atoms with Gasteiger partial charge in [0.25, 0.3) is 0 Å². The van der Waals surface area contributed by atoms with Crippen LogP contribution in [0.5, 0.6) is 0 Å². The number of ether oxygens (including phenoxy) is 1. The molecule has 0 saturated heterocycles. The normalized spacial score (nSPS) is 14.4. The first-order valence-electron chi connectivity index (χ1n) is 7.15. The van der Waals surface area contributed by atoms with Crippen LogP contribution in [0.1, 0.15) is 18.1 Å². The van der Waals surface area contributed by atoms with Crippen LogP contribution in [0.15, 0.2) is 34.4 Å². The Kier molecular flexibility index (Phi) is 5.49. The largest absolute Gasteiger partial charge is 0.463 e. The zero-order valence-corrected chi connectivity index (χ0v) is 13.8. The Hall–Kier alpha value is -1.95. The van der Waals surface area contributed by atoms with Crippen molar-refractivity contribution < 1.29 is 14.3 Å². The number of aryl methyl sites for hydroxylation is 2. The molecule has 1 aromatic rings. The number of rotatable bonds is 5. The summed E-state index contributed by atoms with van der Waals surface area (Å²) in [5, 5.41) is 5.31. The zero-order valence-electron chi connectivity index (χ0n) is 13.0. The van der Waals surface area contributed by atoms with Gasteiger partial charge in [-0.2, -0.15) is 0 Å². The Morgan fingerprint density at radius 3 is 2.77 bits per heavy atom. The van der Waals surface area contributed by atoms with E-state index >= 15 is 0 Å². The highest BCUT2D eigenvalue weighted by Gasteiger charge is 2.23. The first-order valence-corrected chi connectivity index (χ1v) is 8.14. The molecule has 0 bridgehead atoms. The number of benzene rings is 1. The van der Waals surface area contributed by atoms with Crippen LogP contribution in [0.25, 0.3) is 0 Å². The molecule has 0 aliphatic carbocycles. The van der Waals surface area contributed by atoms with Crippen molar-refractivity contribution in [3.05, 3.63) is 40.6 Å². The van der Waals surface area contributed by atoms with Gasteiger partial charge in [-0.05, 0) is 44.0 Å². The van der Waals surface area contributed by atoms with Gasteiger partial charge in [-0.15, -0.1) is 11.8 Å². The van der Waals surface area contributed by atoms with Gasteiger partial charge in [0.15, 0.2) is 0 Å². The number of hydrogen-bond acceptors (Lipinski definition) is 4. The first-order chi connectivity index (χ1) is 10.5. The Balaban J connectivity index is 2.13. The van der Waals surface area contributed by atoms with Crippen molar-refractivity contribution in [1.82, 2.24) is 10.6 Å². The zero-order chi connectivity index (χ0) is 16.1. The number of urea groups is 1. The van der Waals surface area contributed by atoms with Crippen LogP contribution in [0.2, 0.25) is 0 Å². The van der Waals surface area contributed by atoms with E-state index in [0.29, 0.717) is 23.6 Å². The molecule has 5 nitrogen and oxygen atoms in total. The first kappa shape index (κ1) is 16.4. The minimum absolute atomic E-state index is 0.202. The summed E-state index contributed by atoms with van der Waals surface area (Å²) in [6, 6.07) is 5.93. The van der Waals surface area contributed by atoms with Gasteiger partial charge in [0.05, 0.1) is 18.7 Å². The molecule has 0 atom stereocenters. The fourth-order valence-corrected chi connectivity index (χ4v) is 3.01. The summed E-state index contributed by atoms with van der Waals surface area (Å²) in [6.45, 7) is 6.41. The topological polar surface area (TPSA) is 67.4 Å². The van der Waals surface area contributed by atoms with E-state index in [0.717, 1.165) is 4.90 Å². The third-order valence-electron chi connectivity index (χ3n) is 3.44. The van der Waals surface area contributed by atoms with Gasteiger partial charge in [-0.1, -0.05) is 6.07 Å². The fraction of sp³-hybridized carbons (Fsp3) is 0.375. The van der Waals surface area contributed by atoms with Gasteiger partial charge in [0.2, 0.25) is 0 Å². The molecule has 22 heavy (non-hydrogen) atoms. The standard InChI is InChI=1S/C16H20N2O3S/c1-4-21-15(19)13-8-17-16(20)18-14(13)9-22-12-6-5-10(2)11(3)7-12/h5-7H,4,8-9H2,1-3H3,(H2,17,18,20). The van der Waals surface area contributed by atoms with E-state index in [2.05, 4.69) is 36.6 Å². The van der Waals surface area contributed by atoms with Gasteiger partial charge in [0, 0.05) is 16.3 Å². The number of carbonyl (C=O) groups is 2. The molecule has 6 heteroatoms. The summed E-state index contributed by atoms with van der Waals surface area (Å²) >= 11 is 1.58. The highest BCUT2D eigenvalue weighted by molar-refractivity contribution is 7.99. The average Bonchev–Trinajstić information content (AvgIpc) is 2.49. The molecule has 2 rings (SSSR count). The lowest BCUT2D eigenvalue weighted by atomic mass is 10.1. The molecule has 0 radical (unpaired) electrons. The molecule has 2 amide bonds. The average molecular weight is 320 g/mol. The van der Waals surface area contributed by atoms with Crippen molar-refractivity contribution >= 4 is 23.8 Å². The number of thioether (sulfide) groups is 1. The summed E-state index contributed by atoms with van der Waals surface area (Å²) in [6.07, 6.45) is 0. The summed E-state index contributed by atoms with van der Waals surface area (Å²) < 4.78 is 5.04. The van der Waals surface area contributed by atoms with Crippen LogP contribution in [0.3, 0.4) is 0 Å². The lowest BCUT2D eigenvalue weighted by molar-refractivity contribution is -0.138. The van der Waals surface area contributed by atoms with E-state index in [4.69, 9.17) is 4.74 Å². The summed E-state index contributed by atoms with van der Waals surface area (Å²) in [5.41, 5.74) is 3.56. The lowest BCUT2D eigenvalue weighted by Crippen LogP contribution is -2.44. The number of carbonyl (C=O) groups excluding carboxylic acids is 2. The van der Waals surface area contributed by atoms with Crippen LogP contribution in [-0.4, -0.2) is 30.9 Å². The fourth-order valence-electron chi connectivity index (χ4n) is 2.03. The maximum absolute atomic E-state index is 11.9. The van der Waals surface area contributed by atoms with Gasteiger partial charge in [-0.25, -0.2) is 9.59 Å². The van der Waals surface area contributed by atoms with Crippen molar-refractivity contribution in [2.24, 2.45) is 0 Å². The summed E-state index contributed by atoms with van der Waals surface area (Å²) in [4.78, 5) is 24.5. The molecule has 0 saturated carbocycles. The third-order valence-corrected chi connectivity index (χ3v) is 4.46. The molecule has 0 spiro atoms. The Labute approximate surface area is 134 Å². The summed E-state index contributed by atoms with van der Waals surface area (Å²) in [5.74, 6) is 0.134. The second-order valence-electron chi connectivity index (χ2n) is 5.02. The van der Waals surface area contributed by atoms with E-state index in [1.165, 1.54) is 11.1 Å². The van der Waals surface area contributed by atoms with E-state index in [9.17, 15) is 9.59 Å². The van der Waals surface area contributed by atoms with Gasteiger partial charge in [0.1, 0.15) is 0 Å². The predicted octanol–water partition coefficient (Wildman–Crippen LogP) is 2.53. The molecule has 0 fully saturated rings. The smallest absolute Gasteiger partial charge is 0.337 e. The van der Waals surface area contributed by atoms with E-state index < -0.39 is 0 Å². The van der Waals surface area contributed by atoms with E-state index in [1.807, 2.05) is 6.07 Å². The molecule has 1 aromatic carbocycles. The molecule has 0 aromatic heterocycles. The minimum Gasteiger partial charge on any atom is -0.463 e. The SMILES string of the molecule is CCOC(=O)C1=C(CSc2ccc(C)c(C)c2)NC(=O)NC1. The van der Waals surface area contributed by atoms with Crippen LogP contribution in [0.4, 0.5) is 4.79 Å². The monoisotopic (exact) mass is 320 g/mol. The van der Waals surface area contributed by atoms with Gasteiger partial charge >= 0.3 is 12.0 Å². The molecule has 118 valence electrons. The summed E-state index contributed by atoms with van der Waals surface area (Å²) in [7, 11) is 0. The van der Waals surface area contributed by atoms with Crippen molar-refractivity contribution in [2.75, 3.05) is 18.9 Å². The molecule has 1 aliphatic heterocycles. The quantitative estimate of drug-likeness (QED) is 0.646. The second kappa shape index (κ2) is 7.35. The molecular formula is C16H20N2O3S. The van der Waals surface area contributed by atoms with Crippen LogP contribution < -0.4 is 10.6 Å². The highest BCUT2D eigenvalue weighted by Crippen LogP contribution is 2.24. The number of amides is 2. The Morgan fingerprint density at radius 1 is 1.32 bits per heavy atom. The molecular weight excluding hydrogens is 300 g/mol. The van der Waals surface area contributed by atoms with Crippen LogP contribution in [-0.2, 0) is 9.53 Å².